The lowest BCUT2D eigenvalue weighted by molar-refractivity contribution is -0.144. The number of hydrogen-bond donors (Lipinski definition) is 2. The van der Waals surface area contributed by atoms with E-state index in [0.29, 0.717) is 24.3 Å². The number of benzene rings is 2. The number of anilines is 1. The number of nitrogens with one attached hydrogen (secondary N) is 2. The summed E-state index contributed by atoms with van der Waals surface area (Å²) in [6.45, 7) is 2.10. The lowest BCUT2D eigenvalue weighted by Gasteiger charge is -2.19. The molecular weight excluding hydrogens is 304 g/mol. The van der Waals surface area contributed by atoms with Crippen LogP contribution in [0.5, 0.6) is 0 Å². The predicted molar refractivity (Wildman–Crippen MR) is 94.0 cm³/mol. The zero-order valence-electron chi connectivity index (χ0n) is 13.9. The van der Waals surface area contributed by atoms with E-state index in [0.717, 1.165) is 5.56 Å². The molecule has 0 saturated carbocycles. The molecule has 0 unspecified atom stereocenters. The maximum absolute atomic E-state index is 12.3. The molecule has 0 spiro atoms. The summed E-state index contributed by atoms with van der Waals surface area (Å²) >= 11 is 0. The van der Waals surface area contributed by atoms with Gasteiger partial charge in [-0.25, -0.2) is 4.79 Å². The van der Waals surface area contributed by atoms with Crippen molar-refractivity contribution in [1.29, 1.82) is 0 Å². The Morgan fingerprint density at radius 3 is 2.50 bits per heavy atom. The highest BCUT2D eigenvalue weighted by Crippen LogP contribution is 2.15. The van der Waals surface area contributed by atoms with Crippen molar-refractivity contribution < 1.29 is 14.3 Å². The van der Waals surface area contributed by atoms with Crippen LogP contribution in [0.15, 0.2) is 54.6 Å². The predicted octanol–water partition coefficient (Wildman–Crippen LogP) is 2.63. The molecule has 0 aliphatic rings. The number of carbonyl (C=O) groups is 2. The first-order chi connectivity index (χ1) is 11.6. The van der Waals surface area contributed by atoms with Crippen LogP contribution in [0.25, 0.3) is 0 Å². The van der Waals surface area contributed by atoms with Crippen molar-refractivity contribution in [3.8, 4) is 0 Å². The molecule has 2 aromatic carbocycles. The van der Waals surface area contributed by atoms with Gasteiger partial charge in [-0.3, -0.25) is 4.79 Å². The standard InChI is InChI=1S/C19H22N2O3/c1-3-24-19(23)17(12-14-8-5-4-6-9-14)21-16-11-7-10-15(13-16)18(22)20-2/h4-11,13,17,21H,3,12H2,1-2H3,(H,20,22)/t17-/m0/s1. The van der Waals surface area contributed by atoms with Gasteiger partial charge in [-0.2, -0.15) is 0 Å². The summed E-state index contributed by atoms with van der Waals surface area (Å²) in [6, 6.07) is 16.3. The minimum absolute atomic E-state index is 0.172. The summed E-state index contributed by atoms with van der Waals surface area (Å²) in [7, 11) is 1.58. The molecule has 1 atom stereocenters. The lowest BCUT2D eigenvalue weighted by atomic mass is 10.1. The van der Waals surface area contributed by atoms with Gasteiger partial charge in [0.2, 0.25) is 0 Å². The number of esters is 1. The van der Waals surface area contributed by atoms with Gasteiger partial charge in [-0.15, -0.1) is 0 Å². The molecule has 0 aliphatic heterocycles. The molecule has 0 radical (unpaired) electrons. The van der Waals surface area contributed by atoms with Crippen molar-refractivity contribution in [3.05, 3.63) is 65.7 Å². The monoisotopic (exact) mass is 326 g/mol. The summed E-state index contributed by atoms with van der Waals surface area (Å²) in [4.78, 5) is 24.0. The fraction of sp³-hybridized carbons (Fsp3) is 0.263. The Labute approximate surface area is 142 Å². The second kappa shape index (κ2) is 8.72. The van der Waals surface area contributed by atoms with Gasteiger partial charge in [0.05, 0.1) is 6.61 Å². The van der Waals surface area contributed by atoms with Gasteiger partial charge < -0.3 is 15.4 Å². The molecular formula is C19H22N2O3. The van der Waals surface area contributed by atoms with Gasteiger partial charge in [0.1, 0.15) is 6.04 Å². The number of hydrogen-bond acceptors (Lipinski definition) is 4. The summed E-state index contributed by atoms with van der Waals surface area (Å²) in [6.07, 6.45) is 0.504. The van der Waals surface area contributed by atoms with Crippen LogP contribution < -0.4 is 10.6 Å². The lowest BCUT2D eigenvalue weighted by Crippen LogP contribution is -2.33. The van der Waals surface area contributed by atoms with Gasteiger partial charge in [0.25, 0.3) is 5.91 Å². The molecule has 0 saturated heterocycles. The highest BCUT2D eigenvalue weighted by Gasteiger charge is 2.20. The Kier molecular flexibility index (Phi) is 6.37. The molecule has 2 rings (SSSR count). The number of rotatable bonds is 7. The first-order valence-electron chi connectivity index (χ1n) is 7.93. The van der Waals surface area contributed by atoms with Crippen molar-refractivity contribution in [3.63, 3.8) is 0 Å². The Morgan fingerprint density at radius 1 is 1.08 bits per heavy atom. The molecule has 0 fully saturated rings. The van der Waals surface area contributed by atoms with Crippen LogP contribution in [-0.4, -0.2) is 31.6 Å². The molecule has 0 heterocycles. The van der Waals surface area contributed by atoms with Gasteiger partial charge in [-0.05, 0) is 30.7 Å². The minimum Gasteiger partial charge on any atom is -0.464 e. The van der Waals surface area contributed by atoms with Crippen molar-refractivity contribution in [1.82, 2.24) is 5.32 Å². The van der Waals surface area contributed by atoms with E-state index in [-0.39, 0.29) is 11.9 Å². The third-order valence-corrected chi connectivity index (χ3v) is 3.55. The van der Waals surface area contributed by atoms with E-state index in [9.17, 15) is 9.59 Å². The summed E-state index contributed by atoms with van der Waals surface area (Å²) in [5, 5.41) is 5.76. The first-order valence-corrected chi connectivity index (χ1v) is 7.93. The minimum atomic E-state index is -0.521. The first kappa shape index (κ1) is 17.5. The molecule has 0 bridgehead atoms. The molecule has 0 aliphatic carbocycles. The highest BCUT2D eigenvalue weighted by molar-refractivity contribution is 5.95. The zero-order valence-corrected chi connectivity index (χ0v) is 13.9. The largest absolute Gasteiger partial charge is 0.464 e. The summed E-state index contributed by atoms with van der Waals surface area (Å²) < 4.78 is 5.17. The second-order valence-corrected chi connectivity index (χ2v) is 5.30. The van der Waals surface area contributed by atoms with E-state index in [1.54, 1.807) is 32.2 Å². The van der Waals surface area contributed by atoms with Crippen molar-refractivity contribution in [2.45, 2.75) is 19.4 Å². The summed E-state index contributed by atoms with van der Waals surface area (Å²) in [5.74, 6) is -0.485. The van der Waals surface area contributed by atoms with Crippen LogP contribution in [0.4, 0.5) is 5.69 Å². The van der Waals surface area contributed by atoms with E-state index in [1.165, 1.54) is 0 Å². The van der Waals surface area contributed by atoms with Crippen molar-refractivity contribution >= 4 is 17.6 Å². The van der Waals surface area contributed by atoms with Gasteiger partial charge >= 0.3 is 5.97 Å². The van der Waals surface area contributed by atoms with Crippen LogP contribution in [0.2, 0.25) is 0 Å². The molecule has 0 aromatic heterocycles. The van der Waals surface area contributed by atoms with Crippen LogP contribution in [0.1, 0.15) is 22.8 Å². The SMILES string of the molecule is CCOC(=O)[C@H](Cc1ccccc1)Nc1cccc(C(=O)NC)c1. The molecule has 24 heavy (non-hydrogen) atoms. The fourth-order valence-electron chi connectivity index (χ4n) is 2.38. The summed E-state index contributed by atoms with van der Waals surface area (Å²) in [5.41, 5.74) is 2.26. The maximum Gasteiger partial charge on any atom is 0.328 e. The van der Waals surface area contributed by atoms with E-state index in [4.69, 9.17) is 4.74 Å². The van der Waals surface area contributed by atoms with Crippen LogP contribution >= 0.6 is 0 Å². The Hall–Kier alpha value is -2.82. The van der Waals surface area contributed by atoms with Gasteiger partial charge in [0.15, 0.2) is 0 Å². The molecule has 2 aromatic rings. The van der Waals surface area contributed by atoms with E-state index in [1.807, 2.05) is 36.4 Å². The normalized spacial score (nSPS) is 11.4. The van der Waals surface area contributed by atoms with Gasteiger partial charge in [0, 0.05) is 24.7 Å². The van der Waals surface area contributed by atoms with E-state index >= 15 is 0 Å². The third kappa shape index (κ3) is 4.84. The van der Waals surface area contributed by atoms with E-state index < -0.39 is 6.04 Å². The van der Waals surface area contributed by atoms with Crippen LogP contribution in [0, 0.1) is 0 Å². The van der Waals surface area contributed by atoms with Crippen LogP contribution in [-0.2, 0) is 16.0 Å². The quantitative estimate of drug-likeness (QED) is 0.768. The van der Waals surface area contributed by atoms with Crippen molar-refractivity contribution in [2.75, 3.05) is 19.0 Å². The smallest absolute Gasteiger partial charge is 0.328 e. The van der Waals surface area contributed by atoms with Gasteiger partial charge in [-0.1, -0.05) is 36.4 Å². The van der Waals surface area contributed by atoms with Crippen LogP contribution in [0.3, 0.4) is 0 Å². The fourth-order valence-corrected chi connectivity index (χ4v) is 2.38. The molecule has 5 heteroatoms. The second-order valence-electron chi connectivity index (χ2n) is 5.30. The molecule has 126 valence electrons. The topological polar surface area (TPSA) is 67.4 Å². The number of amides is 1. The maximum atomic E-state index is 12.3. The average molecular weight is 326 g/mol. The Balaban J connectivity index is 2.18. The Morgan fingerprint density at radius 2 is 1.83 bits per heavy atom. The van der Waals surface area contributed by atoms with E-state index in [2.05, 4.69) is 10.6 Å². The zero-order chi connectivity index (χ0) is 17.4. The number of ether oxygens (including phenoxy) is 1. The third-order valence-electron chi connectivity index (χ3n) is 3.55. The Bertz CT molecular complexity index is 686. The molecule has 2 N–H and O–H groups in total. The molecule has 5 nitrogen and oxygen atoms in total. The highest BCUT2D eigenvalue weighted by atomic mass is 16.5. The average Bonchev–Trinajstić information content (AvgIpc) is 2.62. The van der Waals surface area contributed by atoms with Crippen molar-refractivity contribution in [2.24, 2.45) is 0 Å². The molecule has 1 amide bonds. The number of carbonyl (C=O) groups excluding carboxylic acids is 2.